The lowest BCUT2D eigenvalue weighted by Gasteiger charge is -2.37. The summed E-state index contributed by atoms with van der Waals surface area (Å²) in [5.74, 6) is -1.85. The number of hydrogen-bond donors (Lipinski definition) is 1. The number of fused-ring (bicyclic) bond motifs is 1. The van der Waals surface area contributed by atoms with Crippen molar-refractivity contribution in [2.45, 2.75) is 33.2 Å². The third-order valence-corrected chi connectivity index (χ3v) is 7.53. The quantitative estimate of drug-likeness (QED) is 0.372. The first-order valence-electron chi connectivity index (χ1n) is 11.5. The molecule has 8 heteroatoms. The number of ketones is 1. The van der Waals surface area contributed by atoms with Crippen molar-refractivity contribution in [2.75, 3.05) is 0 Å². The number of carbonyl (C=O) groups excluding carboxylic acids is 1. The van der Waals surface area contributed by atoms with Gasteiger partial charge < -0.3 is 10.0 Å². The number of hydrogen-bond acceptors (Lipinski definition) is 7. The summed E-state index contributed by atoms with van der Waals surface area (Å²) in [6.45, 7) is 5.59. The second kappa shape index (κ2) is 9.47. The van der Waals surface area contributed by atoms with Gasteiger partial charge in [0.25, 0.3) is 0 Å². The van der Waals surface area contributed by atoms with Gasteiger partial charge in [0.15, 0.2) is 5.78 Å². The highest BCUT2D eigenvalue weighted by Crippen LogP contribution is 2.45. The first-order chi connectivity index (χ1) is 17.4. The third-order valence-electron chi connectivity index (χ3n) is 6.61. The van der Waals surface area contributed by atoms with Gasteiger partial charge >= 0.3 is 5.97 Å². The van der Waals surface area contributed by atoms with E-state index in [-0.39, 0.29) is 11.4 Å². The molecule has 36 heavy (non-hydrogen) atoms. The summed E-state index contributed by atoms with van der Waals surface area (Å²) in [6, 6.07) is 11.5. The Balaban J connectivity index is 1.58. The highest BCUT2D eigenvalue weighted by molar-refractivity contribution is 7.16. The zero-order valence-corrected chi connectivity index (χ0v) is 20.9. The van der Waals surface area contributed by atoms with Crippen molar-refractivity contribution in [1.29, 1.82) is 0 Å². The lowest BCUT2D eigenvalue weighted by molar-refractivity contribution is -0.133. The Bertz CT molecular complexity index is 1500. The molecule has 0 spiro atoms. The van der Waals surface area contributed by atoms with E-state index in [0.717, 1.165) is 38.3 Å². The number of aliphatic carboxylic acids is 1. The molecular weight excluding hydrogens is 472 g/mol. The van der Waals surface area contributed by atoms with E-state index in [1.807, 2.05) is 60.5 Å². The molecule has 0 aliphatic carbocycles. The highest BCUT2D eigenvalue weighted by Gasteiger charge is 2.39. The number of pyridine rings is 3. The number of carboxylic acids is 1. The van der Waals surface area contributed by atoms with Crippen LogP contribution in [-0.4, -0.2) is 36.7 Å². The van der Waals surface area contributed by atoms with Crippen molar-refractivity contribution < 1.29 is 14.7 Å². The Morgan fingerprint density at radius 2 is 1.75 bits per heavy atom. The van der Waals surface area contributed by atoms with Gasteiger partial charge in [-0.15, -0.1) is 11.3 Å². The van der Waals surface area contributed by atoms with Gasteiger partial charge in [0.2, 0.25) is 0 Å². The molecule has 0 aromatic carbocycles. The summed E-state index contributed by atoms with van der Waals surface area (Å²) in [6.07, 6.45) is 6.95. The molecule has 1 atom stereocenters. The number of thiophene rings is 1. The van der Waals surface area contributed by atoms with Gasteiger partial charge in [0.05, 0.1) is 11.3 Å². The van der Waals surface area contributed by atoms with Crippen LogP contribution >= 0.6 is 11.3 Å². The van der Waals surface area contributed by atoms with E-state index in [4.69, 9.17) is 0 Å². The third kappa shape index (κ3) is 4.09. The Labute approximate surface area is 212 Å². The number of Topliss-reactive ketones (excluding diaryl/α,β-unsaturated/α-hetero) is 1. The maximum atomic E-state index is 13.0. The largest absolute Gasteiger partial charge is 0.478 e. The second-order valence-electron chi connectivity index (χ2n) is 8.71. The van der Waals surface area contributed by atoms with Crippen LogP contribution in [0.25, 0.3) is 21.5 Å². The summed E-state index contributed by atoms with van der Waals surface area (Å²) in [4.78, 5) is 41.4. The zero-order chi connectivity index (χ0) is 25.4. The van der Waals surface area contributed by atoms with Crippen LogP contribution in [0.4, 0.5) is 0 Å². The molecule has 4 aromatic rings. The molecule has 0 radical (unpaired) electrons. The van der Waals surface area contributed by atoms with Crippen LogP contribution in [0.2, 0.25) is 0 Å². The molecule has 1 aliphatic heterocycles. The molecular formula is C28H24N4O3S. The predicted octanol–water partition coefficient (Wildman–Crippen LogP) is 5.57. The van der Waals surface area contributed by atoms with Crippen LogP contribution in [0.1, 0.15) is 37.8 Å². The van der Waals surface area contributed by atoms with Crippen LogP contribution in [-0.2, 0) is 16.1 Å². The molecule has 1 N–H and O–H groups in total. The van der Waals surface area contributed by atoms with Crippen molar-refractivity contribution in [3.63, 3.8) is 0 Å². The van der Waals surface area contributed by atoms with E-state index < -0.39 is 11.9 Å². The summed E-state index contributed by atoms with van der Waals surface area (Å²) in [7, 11) is 0. The number of carboxylic acid groups (broad SMARTS) is 1. The monoisotopic (exact) mass is 496 g/mol. The van der Waals surface area contributed by atoms with E-state index in [2.05, 4.69) is 15.0 Å². The molecule has 0 bridgehead atoms. The molecule has 180 valence electrons. The van der Waals surface area contributed by atoms with Gasteiger partial charge in [-0.2, -0.15) is 0 Å². The fourth-order valence-corrected chi connectivity index (χ4v) is 5.83. The number of allylic oxidation sites excluding steroid dienone is 3. The van der Waals surface area contributed by atoms with E-state index in [9.17, 15) is 14.7 Å². The minimum atomic E-state index is -1.04. The maximum absolute atomic E-state index is 13.0. The van der Waals surface area contributed by atoms with Gasteiger partial charge in [0, 0.05) is 65.2 Å². The fraction of sp³-hybridized carbons (Fsp3) is 0.179. The minimum absolute atomic E-state index is 0.150. The lowest BCUT2D eigenvalue weighted by Crippen LogP contribution is -2.33. The zero-order valence-electron chi connectivity index (χ0n) is 20.1. The van der Waals surface area contributed by atoms with Crippen molar-refractivity contribution >= 4 is 33.3 Å². The minimum Gasteiger partial charge on any atom is -0.478 e. The van der Waals surface area contributed by atoms with Crippen molar-refractivity contribution in [2.24, 2.45) is 0 Å². The molecule has 1 aliphatic rings. The van der Waals surface area contributed by atoms with E-state index >= 15 is 0 Å². The Kier molecular flexibility index (Phi) is 6.20. The Hall–Kier alpha value is -4.17. The number of aromatic nitrogens is 3. The first-order valence-corrected chi connectivity index (χ1v) is 12.4. The molecule has 5 heterocycles. The van der Waals surface area contributed by atoms with Gasteiger partial charge in [-0.1, -0.05) is 12.1 Å². The van der Waals surface area contributed by atoms with E-state index in [1.165, 1.54) is 18.3 Å². The average Bonchev–Trinajstić information content (AvgIpc) is 3.30. The lowest BCUT2D eigenvalue weighted by atomic mass is 9.78. The summed E-state index contributed by atoms with van der Waals surface area (Å²) in [5.41, 5.74) is 5.55. The molecule has 7 nitrogen and oxygen atoms in total. The maximum Gasteiger partial charge on any atom is 0.334 e. The van der Waals surface area contributed by atoms with Gasteiger partial charge in [-0.25, -0.2) is 9.78 Å². The predicted molar refractivity (Wildman–Crippen MR) is 139 cm³/mol. The number of nitrogens with zero attached hydrogens (tertiary/aromatic N) is 4. The number of carbonyl (C=O) groups is 2. The highest BCUT2D eigenvalue weighted by atomic mass is 32.1. The molecule has 0 saturated carbocycles. The SMILES string of the molecule is CC(=O)C1=C(C)N(Cc2ccc(-c3ccncc3)nc2)C(C)=C(C(=O)O)C1c1csc2ncccc12. The molecule has 0 amide bonds. The Morgan fingerprint density at radius 1 is 1.00 bits per heavy atom. The van der Waals surface area contributed by atoms with Crippen LogP contribution in [0.5, 0.6) is 0 Å². The molecule has 4 aromatic heterocycles. The molecule has 0 saturated heterocycles. The summed E-state index contributed by atoms with van der Waals surface area (Å²) >= 11 is 1.45. The molecule has 1 unspecified atom stereocenters. The standard InChI is InChI=1S/C28H24N4O3S/c1-16-24(18(3)33)26(22-15-36-27-21(22)5-4-10-30-27)25(28(34)35)17(2)32(16)14-19-6-7-23(31-13-19)20-8-11-29-12-9-20/h4-13,15,26H,14H2,1-3H3,(H,34,35). The van der Waals surface area contributed by atoms with Crippen molar-refractivity contribution in [3.05, 3.63) is 100 Å². The second-order valence-corrected chi connectivity index (χ2v) is 9.57. The molecule has 0 fully saturated rings. The fourth-order valence-electron chi connectivity index (χ4n) is 4.89. The normalized spacial score (nSPS) is 16.1. The van der Waals surface area contributed by atoms with Crippen LogP contribution in [0.15, 0.2) is 89.1 Å². The van der Waals surface area contributed by atoms with E-state index in [0.29, 0.717) is 17.8 Å². The summed E-state index contributed by atoms with van der Waals surface area (Å²) < 4.78 is 0. The van der Waals surface area contributed by atoms with Crippen LogP contribution < -0.4 is 0 Å². The Morgan fingerprint density at radius 3 is 2.42 bits per heavy atom. The van der Waals surface area contributed by atoms with E-state index in [1.54, 1.807) is 24.8 Å². The average molecular weight is 497 g/mol. The number of rotatable bonds is 6. The van der Waals surface area contributed by atoms with Crippen LogP contribution in [0.3, 0.4) is 0 Å². The molecule has 5 rings (SSSR count). The summed E-state index contributed by atoms with van der Waals surface area (Å²) in [5, 5.41) is 13.1. The van der Waals surface area contributed by atoms with Gasteiger partial charge in [-0.05, 0) is 61.5 Å². The smallest absolute Gasteiger partial charge is 0.334 e. The van der Waals surface area contributed by atoms with Gasteiger partial charge in [-0.3, -0.25) is 14.8 Å². The van der Waals surface area contributed by atoms with Gasteiger partial charge in [0.1, 0.15) is 4.83 Å². The van der Waals surface area contributed by atoms with Crippen LogP contribution in [0, 0.1) is 0 Å². The van der Waals surface area contributed by atoms with Crippen molar-refractivity contribution in [1.82, 2.24) is 19.9 Å². The topological polar surface area (TPSA) is 96.3 Å². The first kappa shape index (κ1) is 23.6. The van der Waals surface area contributed by atoms with Crippen molar-refractivity contribution in [3.8, 4) is 11.3 Å².